The summed E-state index contributed by atoms with van der Waals surface area (Å²) in [6, 6.07) is 7.71. The van der Waals surface area contributed by atoms with Gasteiger partial charge in [-0.05, 0) is 38.7 Å². The van der Waals surface area contributed by atoms with Gasteiger partial charge in [0.15, 0.2) is 0 Å². The third-order valence-electron chi connectivity index (χ3n) is 4.17. The molecule has 1 aliphatic heterocycles. The van der Waals surface area contributed by atoms with Gasteiger partial charge >= 0.3 is 0 Å². The maximum atomic E-state index is 12.4. The highest BCUT2D eigenvalue weighted by molar-refractivity contribution is 5.85. The summed E-state index contributed by atoms with van der Waals surface area (Å²) in [7, 11) is 5.66. The molecule has 0 radical (unpaired) electrons. The van der Waals surface area contributed by atoms with Crippen LogP contribution in [0.5, 0.6) is 5.75 Å². The Morgan fingerprint density at radius 1 is 1.44 bits per heavy atom. The lowest BCUT2D eigenvalue weighted by Gasteiger charge is -2.31. The number of carbonyl (C=O) groups is 1. The molecule has 8 heteroatoms. The van der Waals surface area contributed by atoms with E-state index in [-0.39, 0.29) is 48.9 Å². The molecule has 2 N–H and O–H groups in total. The predicted molar refractivity (Wildman–Crippen MR) is 104 cm³/mol. The van der Waals surface area contributed by atoms with Crippen molar-refractivity contribution < 1.29 is 14.3 Å². The van der Waals surface area contributed by atoms with Crippen LogP contribution in [0.3, 0.4) is 0 Å². The number of likely N-dealkylation sites (N-methyl/N-ethyl adjacent to an activating group) is 1. The fraction of sp³-hybridized carbons (Fsp3) is 0.588. The average Bonchev–Trinajstić information content (AvgIpc) is 2.55. The fourth-order valence-electron chi connectivity index (χ4n) is 2.78. The van der Waals surface area contributed by atoms with E-state index in [2.05, 4.69) is 15.5 Å². The molecule has 3 atom stereocenters. The number of nitrogens with zero attached hydrogens (tertiary/aromatic N) is 1. The minimum atomic E-state index is -0.295. The van der Waals surface area contributed by atoms with Gasteiger partial charge in [-0.3, -0.25) is 4.79 Å². The number of ether oxygens (including phenoxy) is 2. The predicted octanol–water partition coefficient (Wildman–Crippen LogP) is 1.63. The third kappa shape index (κ3) is 6.64. The van der Waals surface area contributed by atoms with Crippen molar-refractivity contribution >= 4 is 30.7 Å². The monoisotopic (exact) mass is 393 g/mol. The summed E-state index contributed by atoms with van der Waals surface area (Å²) in [6.07, 6.45) is -0.113. The highest BCUT2D eigenvalue weighted by Gasteiger charge is 2.28. The van der Waals surface area contributed by atoms with E-state index in [9.17, 15) is 4.79 Å². The lowest BCUT2D eigenvalue weighted by Crippen LogP contribution is -2.56. The van der Waals surface area contributed by atoms with Crippen LogP contribution in [0, 0.1) is 0 Å². The molecule has 0 aliphatic carbocycles. The van der Waals surface area contributed by atoms with Crippen LogP contribution in [0.15, 0.2) is 24.3 Å². The van der Waals surface area contributed by atoms with E-state index in [4.69, 9.17) is 9.47 Å². The number of carbonyl (C=O) groups excluding carboxylic acids is 1. The molecule has 6 nitrogen and oxygen atoms in total. The summed E-state index contributed by atoms with van der Waals surface area (Å²) in [6.45, 7) is 3.80. The molecule has 1 aromatic carbocycles. The van der Waals surface area contributed by atoms with Gasteiger partial charge in [0.2, 0.25) is 5.91 Å². The zero-order valence-electron chi connectivity index (χ0n) is 15.2. The number of hydrogen-bond acceptors (Lipinski definition) is 5. The molecule has 1 fully saturated rings. The third-order valence-corrected chi connectivity index (χ3v) is 4.17. The van der Waals surface area contributed by atoms with Gasteiger partial charge < -0.3 is 25.0 Å². The first-order valence-electron chi connectivity index (χ1n) is 7.96. The number of methoxy groups -OCH3 is 1. The fourth-order valence-corrected chi connectivity index (χ4v) is 2.78. The van der Waals surface area contributed by atoms with Crippen molar-refractivity contribution in [3.63, 3.8) is 0 Å². The molecule has 1 amide bonds. The molecule has 0 bridgehead atoms. The largest absolute Gasteiger partial charge is 0.497 e. The SMILES string of the molecule is COc1cccc(C(CNC(=O)[C@H]2NCCO[C@@H]2C)N(C)C)c1.Cl.Cl. The second kappa shape index (κ2) is 11.5. The van der Waals surface area contributed by atoms with Gasteiger partial charge in [-0.1, -0.05) is 12.1 Å². The smallest absolute Gasteiger partial charge is 0.239 e. The van der Waals surface area contributed by atoms with Gasteiger partial charge in [0.1, 0.15) is 11.8 Å². The van der Waals surface area contributed by atoms with Crippen LogP contribution < -0.4 is 15.4 Å². The minimum Gasteiger partial charge on any atom is -0.497 e. The molecule has 2 rings (SSSR count). The van der Waals surface area contributed by atoms with Crippen molar-refractivity contribution in [1.82, 2.24) is 15.5 Å². The second-order valence-electron chi connectivity index (χ2n) is 6.01. The number of rotatable bonds is 6. The molecule has 1 aliphatic rings. The van der Waals surface area contributed by atoms with Crippen molar-refractivity contribution in [3.05, 3.63) is 29.8 Å². The lowest BCUT2D eigenvalue weighted by atomic mass is 10.0. The van der Waals surface area contributed by atoms with Crippen LogP contribution in [-0.2, 0) is 9.53 Å². The van der Waals surface area contributed by atoms with E-state index < -0.39 is 0 Å². The van der Waals surface area contributed by atoms with Gasteiger partial charge in [0.05, 0.1) is 25.9 Å². The first-order chi connectivity index (χ1) is 11.0. The molecule has 0 aromatic heterocycles. The molecular weight excluding hydrogens is 365 g/mol. The molecule has 1 saturated heterocycles. The van der Waals surface area contributed by atoms with Crippen molar-refractivity contribution in [1.29, 1.82) is 0 Å². The highest BCUT2D eigenvalue weighted by atomic mass is 35.5. The van der Waals surface area contributed by atoms with Gasteiger partial charge in [-0.2, -0.15) is 0 Å². The van der Waals surface area contributed by atoms with Crippen molar-refractivity contribution in [3.8, 4) is 5.75 Å². The van der Waals surface area contributed by atoms with Gasteiger partial charge in [0.25, 0.3) is 0 Å². The van der Waals surface area contributed by atoms with E-state index in [1.165, 1.54) is 0 Å². The molecule has 144 valence electrons. The Bertz CT molecular complexity index is 532. The maximum absolute atomic E-state index is 12.4. The summed E-state index contributed by atoms with van der Waals surface area (Å²) < 4.78 is 10.8. The van der Waals surface area contributed by atoms with Crippen molar-refractivity contribution in [2.45, 2.75) is 25.1 Å². The topological polar surface area (TPSA) is 62.8 Å². The lowest BCUT2D eigenvalue weighted by molar-refractivity contribution is -0.129. The Labute approximate surface area is 162 Å². The minimum absolute atomic E-state index is 0. The number of halogens is 2. The highest BCUT2D eigenvalue weighted by Crippen LogP contribution is 2.22. The second-order valence-corrected chi connectivity index (χ2v) is 6.01. The van der Waals surface area contributed by atoms with E-state index in [0.717, 1.165) is 11.3 Å². The molecule has 0 spiro atoms. The van der Waals surface area contributed by atoms with Gasteiger partial charge in [-0.15, -0.1) is 24.8 Å². The summed E-state index contributed by atoms with van der Waals surface area (Å²) in [4.78, 5) is 14.5. The Kier molecular flexibility index (Phi) is 11.1. The standard InChI is InChI=1S/C17H27N3O3.2ClH/c1-12-16(18-8-9-23-12)17(21)19-11-15(20(2)3)13-6-5-7-14(10-13)22-4;;/h5-7,10,12,15-16,18H,8-9,11H2,1-4H3,(H,19,21);2*1H/t12-,15?,16+;;/m1../s1. The molecule has 1 heterocycles. The van der Waals surface area contributed by atoms with Crippen LogP contribution in [0.4, 0.5) is 0 Å². The molecule has 0 saturated carbocycles. The van der Waals surface area contributed by atoms with Crippen LogP contribution in [-0.4, -0.2) is 63.9 Å². The number of morpholine rings is 1. The van der Waals surface area contributed by atoms with Gasteiger partial charge in [0, 0.05) is 13.1 Å². The molecular formula is C17H29Cl2N3O3. The quantitative estimate of drug-likeness (QED) is 0.768. The van der Waals surface area contributed by atoms with Crippen LogP contribution in [0.1, 0.15) is 18.5 Å². The van der Waals surface area contributed by atoms with Crippen LogP contribution in [0.2, 0.25) is 0 Å². The van der Waals surface area contributed by atoms with E-state index in [0.29, 0.717) is 19.7 Å². The normalized spacial score (nSPS) is 20.8. The van der Waals surface area contributed by atoms with E-state index >= 15 is 0 Å². The first-order valence-corrected chi connectivity index (χ1v) is 7.96. The number of amides is 1. The van der Waals surface area contributed by atoms with Crippen LogP contribution in [0.25, 0.3) is 0 Å². The molecule has 1 aromatic rings. The summed E-state index contributed by atoms with van der Waals surface area (Å²) in [5.74, 6) is 0.795. The Morgan fingerprint density at radius 3 is 2.76 bits per heavy atom. The Hall–Kier alpha value is -1.05. The van der Waals surface area contributed by atoms with Crippen molar-refractivity contribution in [2.24, 2.45) is 0 Å². The summed E-state index contributed by atoms with van der Waals surface area (Å²) in [5, 5.41) is 6.25. The van der Waals surface area contributed by atoms with Crippen molar-refractivity contribution in [2.75, 3.05) is 40.9 Å². The Morgan fingerprint density at radius 2 is 2.16 bits per heavy atom. The number of nitrogens with one attached hydrogen (secondary N) is 2. The Balaban J connectivity index is 0.00000288. The van der Waals surface area contributed by atoms with Gasteiger partial charge in [-0.25, -0.2) is 0 Å². The summed E-state index contributed by atoms with van der Waals surface area (Å²) in [5.41, 5.74) is 1.11. The zero-order valence-corrected chi connectivity index (χ0v) is 16.8. The first kappa shape index (κ1) is 23.9. The number of hydrogen-bond donors (Lipinski definition) is 2. The zero-order chi connectivity index (χ0) is 16.8. The molecule has 25 heavy (non-hydrogen) atoms. The van der Waals surface area contributed by atoms with Crippen LogP contribution >= 0.6 is 24.8 Å². The number of benzene rings is 1. The average molecular weight is 394 g/mol. The van der Waals surface area contributed by atoms with E-state index in [1.807, 2.05) is 45.3 Å². The maximum Gasteiger partial charge on any atom is 0.239 e. The molecule has 1 unspecified atom stereocenters. The summed E-state index contributed by atoms with van der Waals surface area (Å²) >= 11 is 0. The van der Waals surface area contributed by atoms with E-state index in [1.54, 1.807) is 7.11 Å².